The molecule has 2 aromatic carbocycles. The molecule has 1 atom stereocenters. The molecule has 0 aliphatic heterocycles. The number of aliphatic hydroxyl groups excluding tert-OH is 2. The van der Waals surface area contributed by atoms with Gasteiger partial charge in [-0.25, -0.2) is 0 Å². The van der Waals surface area contributed by atoms with Crippen molar-refractivity contribution >= 4 is 34.8 Å². The number of hydrogen-bond acceptors (Lipinski definition) is 6. The van der Waals surface area contributed by atoms with Gasteiger partial charge in [-0.1, -0.05) is 29.1 Å². The topological polar surface area (TPSA) is 108 Å². The normalized spacial score (nSPS) is 12.1. The predicted octanol–water partition coefficient (Wildman–Crippen LogP) is 4.08. The summed E-state index contributed by atoms with van der Waals surface area (Å²) in [5, 5.41) is 27.7. The Labute approximate surface area is 188 Å². The van der Waals surface area contributed by atoms with Crippen molar-refractivity contribution in [3.8, 4) is 23.3 Å². The van der Waals surface area contributed by atoms with E-state index in [1.807, 2.05) is 0 Å². The smallest absolute Gasteiger partial charge is 0.417 e. The first-order chi connectivity index (χ1) is 15.1. The number of aromatic nitrogens is 2. The van der Waals surface area contributed by atoms with Gasteiger partial charge < -0.3 is 19.9 Å². The van der Waals surface area contributed by atoms with Crippen LogP contribution in [-0.4, -0.2) is 32.9 Å². The van der Waals surface area contributed by atoms with Gasteiger partial charge in [0.25, 0.3) is 0 Å². The molecule has 12 heteroatoms. The Kier molecular flexibility index (Phi) is 7.06. The molecular weight excluding hydrogens is 474 g/mol. The molecule has 3 rings (SSSR count). The summed E-state index contributed by atoms with van der Waals surface area (Å²) in [5.41, 5.74) is -0.283. The summed E-state index contributed by atoms with van der Waals surface area (Å²) in [7, 11) is 0. The van der Waals surface area contributed by atoms with Gasteiger partial charge in [0.05, 0.1) is 22.2 Å². The van der Waals surface area contributed by atoms with Gasteiger partial charge in [0.15, 0.2) is 6.10 Å². The summed E-state index contributed by atoms with van der Waals surface area (Å²) in [6.07, 6.45) is -5.92. The molecule has 166 valence electrons. The molecule has 1 aromatic heterocycles. The van der Waals surface area contributed by atoms with Crippen LogP contribution in [0.1, 0.15) is 23.1 Å². The van der Waals surface area contributed by atoms with Crippen molar-refractivity contribution in [2.45, 2.75) is 12.3 Å². The molecule has 0 fully saturated rings. The lowest BCUT2D eigenvalue weighted by molar-refractivity contribution is -0.137. The van der Waals surface area contributed by atoms with Gasteiger partial charge in [0.1, 0.15) is 0 Å². The number of rotatable bonds is 4. The Balaban J connectivity index is 1.72. The third kappa shape index (κ3) is 5.57. The van der Waals surface area contributed by atoms with E-state index in [1.54, 1.807) is 0 Å². The van der Waals surface area contributed by atoms with E-state index < -0.39 is 35.4 Å². The number of benzene rings is 2. The third-order valence-electron chi connectivity index (χ3n) is 3.96. The highest BCUT2D eigenvalue weighted by Gasteiger charge is 2.33. The van der Waals surface area contributed by atoms with Crippen LogP contribution in [0.5, 0.6) is 0 Å². The van der Waals surface area contributed by atoms with Crippen LogP contribution >= 0.6 is 23.2 Å². The van der Waals surface area contributed by atoms with E-state index in [9.17, 15) is 23.1 Å². The lowest BCUT2D eigenvalue weighted by Gasteiger charge is -2.10. The standard InChI is InChI=1S/C20H12Cl2F3N3O4/c21-14-7-11(18-27-28-19(32-18)16(30)9-29)2-1-10(14)3-6-17(31)26-12-4-5-13(15(22)8-12)20(23,24)25/h1-2,4-5,7-8,16,29-30H,9H2,(H,26,31)/t16-/m0/s1. The molecule has 7 nitrogen and oxygen atoms in total. The van der Waals surface area contributed by atoms with Crippen LogP contribution in [0.4, 0.5) is 18.9 Å². The van der Waals surface area contributed by atoms with E-state index in [4.69, 9.17) is 32.7 Å². The van der Waals surface area contributed by atoms with Gasteiger partial charge in [0, 0.05) is 22.7 Å². The number of carbonyl (C=O) groups is 1. The Hall–Kier alpha value is -3.10. The highest BCUT2D eigenvalue weighted by molar-refractivity contribution is 6.32. The van der Waals surface area contributed by atoms with Crippen LogP contribution in [-0.2, 0) is 11.0 Å². The van der Waals surface area contributed by atoms with Gasteiger partial charge in [-0.05, 0) is 36.4 Å². The predicted molar refractivity (Wildman–Crippen MR) is 109 cm³/mol. The number of alkyl halides is 3. The quantitative estimate of drug-likeness (QED) is 0.480. The maximum atomic E-state index is 12.7. The van der Waals surface area contributed by atoms with Crippen LogP contribution in [0.3, 0.4) is 0 Å². The Morgan fingerprint density at radius 3 is 2.53 bits per heavy atom. The average molecular weight is 486 g/mol. The monoisotopic (exact) mass is 485 g/mol. The van der Waals surface area contributed by atoms with Crippen molar-refractivity contribution in [2.24, 2.45) is 0 Å². The Morgan fingerprint density at radius 2 is 1.91 bits per heavy atom. The molecule has 1 amide bonds. The van der Waals surface area contributed by atoms with E-state index >= 15 is 0 Å². The molecular formula is C20H12Cl2F3N3O4. The van der Waals surface area contributed by atoms with Crippen LogP contribution in [0.25, 0.3) is 11.5 Å². The Bertz CT molecular complexity index is 1220. The fourth-order valence-corrected chi connectivity index (χ4v) is 2.94. The molecule has 3 N–H and O–H groups in total. The first-order valence-corrected chi connectivity index (χ1v) is 9.46. The highest BCUT2D eigenvalue weighted by Crippen LogP contribution is 2.35. The van der Waals surface area contributed by atoms with Crippen molar-refractivity contribution in [3.63, 3.8) is 0 Å². The average Bonchev–Trinajstić information content (AvgIpc) is 3.21. The van der Waals surface area contributed by atoms with E-state index in [1.165, 1.54) is 18.2 Å². The molecule has 0 aliphatic rings. The Morgan fingerprint density at radius 1 is 1.16 bits per heavy atom. The fourth-order valence-electron chi connectivity index (χ4n) is 2.42. The van der Waals surface area contributed by atoms with Gasteiger partial charge in [-0.3, -0.25) is 4.79 Å². The maximum Gasteiger partial charge on any atom is 0.417 e. The molecule has 1 heterocycles. The SMILES string of the molecule is O=C(C#Cc1ccc(-c2nnc([C@@H](O)CO)o2)cc1Cl)Nc1ccc(C(F)(F)F)c(Cl)c1. The second-order valence-electron chi connectivity index (χ2n) is 6.23. The van der Waals surface area contributed by atoms with E-state index in [0.29, 0.717) is 5.56 Å². The molecule has 0 aliphatic carbocycles. The van der Waals surface area contributed by atoms with E-state index in [-0.39, 0.29) is 28.1 Å². The molecule has 0 radical (unpaired) electrons. The van der Waals surface area contributed by atoms with Crippen molar-refractivity contribution in [1.82, 2.24) is 10.2 Å². The van der Waals surface area contributed by atoms with Crippen LogP contribution < -0.4 is 5.32 Å². The first-order valence-electron chi connectivity index (χ1n) is 8.70. The number of anilines is 1. The minimum absolute atomic E-state index is 0.0426. The summed E-state index contributed by atoms with van der Waals surface area (Å²) in [5.74, 6) is 3.92. The van der Waals surface area contributed by atoms with Crippen molar-refractivity contribution < 1.29 is 32.6 Å². The van der Waals surface area contributed by atoms with Gasteiger partial charge in [0.2, 0.25) is 11.8 Å². The van der Waals surface area contributed by atoms with E-state index in [2.05, 4.69) is 27.4 Å². The van der Waals surface area contributed by atoms with Crippen LogP contribution in [0, 0.1) is 11.8 Å². The number of hydrogen-bond donors (Lipinski definition) is 3. The summed E-state index contributed by atoms with van der Waals surface area (Å²) in [6.45, 7) is -0.586. The second kappa shape index (κ2) is 9.58. The fraction of sp³-hybridized carbons (Fsp3) is 0.150. The first kappa shape index (κ1) is 23.6. The van der Waals surface area contributed by atoms with E-state index in [0.717, 1.165) is 18.2 Å². The number of nitrogens with one attached hydrogen (secondary N) is 1. The van der Waals surface area contributed by atoms with Gasteiger partial charge in [-0.15, -0.1) is 10.2 Å². The number of amides is 1. The lowest BCUT2D eigenvalue weighted by atomic mass is 10.1. The number of carbonyl (C=O) groups excluding carboxylic acids is 1. The number of aliphatic hydroxyl groups is 2. The number of nitrogens with zero attached hydrogens (tertiary/aromatic N) is 2. The molecule has 0 saturated carbocycles. The second-order valence-corrected chi connectivity index (χ2v) is 7.05. The minimum Gasteiger partial charge on any atom is -0.418 e. The molecule has 3 aromatic rings. The van der Waals surface area contributed by atoms with Crippen molar-refractivity contribution in [2.75, 3.05) is 11.9 Å². The zero-order chi connectivity index (χ0) is 23.5. The highest BCUT2D eigenvalue weighted by atomic mass is 35.5. The van der Waals surface area contributed by atoms with Crippen LogP contribution in [0.15, 0.2) is 40.8 Å². The summed E-state index contributed by atoms with van der Waals surface area (Å²) in [4.78, 5) is 12.0. The summed E-state index contributed by atoms with van der Waals surface area (Å²) in [6, 6.07) is 7.25. The molecule has 32 heavy (non-hydrogen) atoms. The minimum atomic E-state index is -4.61. The van der Waals surface area contributed by atoms with Gasteiger partial charge in [-0.2, -0.15) is 13.2 Å². The molecule has 0 unspecified atom stereocenters. The molecule has 0 bridgehead atoms. The lowest BCUT2D eigenvalue weighted by Crippen LogP contribution is -2.10. The third-order valence-corrected chi connectivity index (χ3v) is 4.58. The maximum absolute atomic E-state index is 12.7. The van der Waals surface area contributed by atoms with Crippen molar-refractivity contribution in [3.05, 3.63) is 63.5 Å². The van der Waals surface area contributed by atoms with Crippen LogP contribution in [0.2, 0.25) is 10.0 Å². The summed E-state index contributed by atoms with van der Waals surface area (Å²) < 4.78 is 43.5. The summed E-state index contributed by atoms with van der Waals surface area (Å²) >= 11 is 11.8. The largest absolute Gasteiger partial charge is 0.418 e. The zero-order valence-electron chi connectivity index (χ0n) is 15.7. The van der Waals surface area contributed by atoms with Gasteiger partial charge >= 0.3 is 12.1 Å². The zero-order valence-corrected chi connectivity index (χ0v) is 17.3. The molecule has 0 spiro atoms. The van der Waals surface area contributed by atoms with Crippen molar-refractivity contribution in [1.29, 1.82) is 0 Å². The molecule has 0 saturated heterocycles. The number of halogens is 5.